The molecule has 0 fully saturated rings. The number of aromatic nitrogens is 3. The smallest absolute Gasteiger partial charge is 0.271 e. The average Bonchev–Trinajstić information content (AvgIpc) is 2.98. The van der Waals surface area contributed by atoms with Gasteiger partial charge in [-0.15, -0.1) is 11.3 Å². The summed E-state index contributed by atoms with van der Waals surface area (Å²) in [6, 6.07) is -0.267. The number of hydrogen-bond donors (Lipinski definition) is 2. The molecule has 6 nitrogen and oxygen atoms in total. The van der Waals surface area contributed by atoms with Crippen molar-refractivity contribution >= 4 is 17.2 Å². The van der Waals surface area contributed by atoms with E-state index < -0.39 is 0 Å². The van der Waals surface area contributed by atoms with Crippen molar-refractivity contribution in [2.75, 3.05) is 0 Å². The Morgan fingerprint density at radius 1 is 1.50 bits per heavy atom. The van der Waals surface area contributed by atoms with Gasteiger partial charge >= 0.3 is 0 Å². The number of carbonyl (C=O) groups is 1. The summed E-state index contributed by atoms with van der Waals surface area (Å²) < 4.78 is 1.79. The van der Waals surface area contributed by atoms with E-state index in [2.05, 4.69) is 15.4 Å². The molecule has 3 N–H and O–H groups in total. The zero-order chi connectivity index (χ0) is 14.9. The van der Waals surface area contributed by atoms with Crippen molar-refractivity contribution < 1.29 is 4.79 Å². The van der Waals surface area contributed by atoms with Crippen LogP contribution in [0.1, 0.15) is 52.7 Å². The Kier molecular flexibility index (Phi) is 4.20. The Bertz CT molecular complexity index is 616. The van der Waals surface area contributed by atoms with Crippen molar-refractivity contribution in [3.05, 3.63) is 33.5 Å². The Labute approximate surface area is 122 Å². The minimum absolute atomic E-state index is 0.114. The number of carbonyl (C=O) groups excluding carboxylic acids is 1. The number of nitrogens with two attached hydrogens (primary N) is 1. The number of nitrogens with zero attached hydrogens (tertiary/aromatic N) is 3. The zero-order valence-corrected chi connectivity index (χ0v) is 12.9. The van der Waals surface area contributed by atoms with Crippen LogP contribution in [0.4, 0.5) is 0 Å². The molecule has 2 heterocycles. The fourth-order valence-corrected chi connectivity index (χ4v) is 2.65. The van der Waals surface area contributed by atoms with E-state index in [0.717, 1.165) is 16.3 Å². The molecule has 0 saturated heterocycles. The van der Waals surface area contributed by atoms with Crippen LogP contribution in [-0.4, -0.2) is 20.7 Å². The summed E-state index contributed by atoms with van der Waals surface area (Å²) in [5.74, 6) is -0.191. The molecule has 0 aliphatic rings. The number of aryl methyl sites for hydroxylation is 1. The monoisotopic (exact) mass is 293 g/mol. The maximum atomic E-state index is 12.1. The summed E-state index contributed by atoms with van der Waals surface area (Å²) >= 11 is 1.40. The van der Waals surface area contributed by atoms with E-state index in [1.807, 2.05) is 27.8 Å². The molecule has 2 aromatic heterocycles. The summed E-state index contributed by atoms with van der Waals surface area (Å²) in [7, 11) is 1.88. The molecule has 0 radical (unpaired) electrons. The first-order valence-electron chi connectivity index (χ1n) is 6.40. The Balaban J connectivity index is 2.09. The Morgan fingerprint density at radius 2 is 2.20 bits per heavy atom. The van der Waals surface area contributed by atoms with E-state index in [4.69, 9.17) is 5.73 Å². The van der Waals surface area contributed by atoms with Crippen molar-refractivity contribution in [2.24, 2.45) is 12.8 Å². The number of nitrogens with one attached hydrogen (secondary N) is 1. The highest BCUT2D eigenvalue weighted by molar-refractivity contribution is 7.09. The second-order valence-electron chi connectivity index (χ2n) is 4.86. The van der Waals surface area contributed by atoms with Crippen molar-refractivity contribution in [2.45, 2.75) is 32.9 Å². The first kappa shape index (κ1) is 14.7. The fraction of sp³-hybridized carbons (Fsp3) is 0.462. The van der Waals surface area contributed by atoms with Crippen LogP contribution in [0.25, 0.3) is 0 Å². The summed E-state index contributed by atoms with van der Waals surface area (Å²) in [4.78, 5) is 16.4. The highest BCUT2D eigenvalue weighted by atomic mass is 32.1. The second-order valence-corrected chi connectivity index (χ2v) is 5.75. The first-order chi connectivity index (χ1) is 9.40. The van der Waals surface area contributed by atoms with Gasteiger partial charge in [0.05, 0.1) is 18.3 Å². The zero-order valence-electron chi connectivity index (χ0n) is 12.0. The van der Waals surface area contributed by atoms with Gasteiger partial charge in [-0.1, -0.05) is 0 Å². The van der Waals surface area contributed by atoms with E-state index in [9.17, 15) is 4.79 Å². The number of amides is 1. The maximum absolute atomic E-state index is 12.1. The summed E-state index contributed by atoms with van der Waals surface area (Å²) in [5.41, 5.74) is 8.20. The van der Waals surface area contributed by atoms with Gasteiger partial charge in [-0.25, -0.2) is 4.98 Å². The maximum Gasteiger partial charge on any atom is 0.271 e. The molecule has 2 rings (SSSR count). The van der Waals surface area contributed by atoms with E-state index in [1.54, 1.807) is 16.3 Å². The molecular formula is C13H19N5OS. The SMILES string of the molecule is Cc1c(C(C)NC(=O)c2csc(C(C)N)n2)cnn1C. The third-order valence-electron chi connectivity index (χ3n) is 3.23. The van der Waals surface area contributed by atoms with Crippen LogP contribution >= 0.6 is 11.3 Å². The van der Waals surface area contributed by atoms with Crippen molar-refractivity contribution in [3.63, 3.8) is 0 Å². The summed E-state index contributed by atoms with van der Waals surface area (Å²) in [6.07, 6.45) is 1.77. The van der Waals surface area contributed by atoms with Crippen LogP contribution < -0.4 is 11.1 Å². The topological polar surface area (TPSA) is 85.8 Å². The van der Waals surface area contributed by atoms with Gasteiger partial charge in [-0.2, -0.15) is 5.10 Å². The Morgan fingerprint density at radius 3 is 2.70 bits per heavy atom. The average molecular weight is 293 g/mol. The summed E-state index contributed by atoms with van der Waals surface area (Å²) in [6.45, 7) is 5.75. The van der Waals surface area contributed by atoms with Crippen LogP contribution in [0, 0.1) is 6.92 Å². The van der Waals surface area contributed by atoms with Crippen molar-refractivity contribution in [1.82, 2.24) is 20.1 Å². The number of rotatable bonds is 4. The third-order valence-corrected chi connectivity index (χ3v) is 4.28. The lowest BCUT2D eigenvalue weighted by atomic mass is 10.1. The van der Waals surface area contributed by atoms with Crippen molar-refractivity contribution in [3.8, 4) is 0 Å². The van der Waals surface area contributed by atoms with Gasteiger partial charge in [0.15, 0.2) is 0 Å². The molecule has 0 aromatic carbocycles. The van der Waals surface area contributed by atoms with Crippen molar-refractivity contribution in [1.29, 1.82) is 0 Å². The predicted octanol–water partition coefficient (Wildman–Crippen LogP) is 1.70. The molecule has 0 aliphatic heterocycles. The molecule has 7 heteroatoms. The van der Waals surface area contributed by atoms with E-state index in [0.29, 0.717) is 5.69 Å². The largest absolute Gasteiger partial charge is 0.344 e. The number of hydrogen-bond acceptors (Lipinski definition) is 5. The van der Waals surface area contributed by atoms with Gasteiger partial charge in [0.1, 0.15) is 10.7 Å². The molecule has 108 valence electrons. The highest BCUT2D eigenvalue weighted by Gasteiger charge is 2.18. The third kappa shape index (κ3) is 2.88. The fourth-order valence-electron chi connectivity index (χ4n) is 1.89. The van der Waals surface area contributed by atoms with Crippen LogP contribution in [-0.2, 0) is 7.05 Å². The Hall–Kier alpha value is -1.73. The molecule has 2 unspecified atom stereocenters. The van der Waals surface area contributed by atoms with Gasteiger partial charge in [0.25, 0.3) is 5.91 Å². The van der Waals surface area contributed by atoms with Gasteiger partial charge in [0.2, 0.25) is 0 Å². The molecular weight excluding hydrogens is 274 g/mol. The van der Waals surface area contributed by atoms with Crippen LogP contribution in [0.5, 0.6) is 0 Å². The van der Waals surface area contributed by atoms with Gasteiger partial charge < -0.3 is 11.1 Å². The number of thiazole rings is 1. The molecule has 0 aliphatic carbocycles. The molecule has 0 bridgehead atoms. The normalized spacial score (nSPS) is 14.1. The van der Waals surface area contributed by atoms with Crippen LogP contribution in [0.15, 0.2) is 11.6 Å². The summed E-state index contributed by atoms with van der Waals surface area (Å²) in [5, 5.41) is 9.61. The minimum atomic E-state index is -0.191. The molecule has 2 aromatic rings. The molecule has 0 saturated carbocycles. The van der Waals surface area contributed by atoms with Gasteiger partial charge in [-0.05, 0) is 20.8 Å². The second kappa shape index (κ2) is 5.72. The standard InChI is InChI=1S/C13H19N5OS/c1-7(14)13-17-11(6-20-13)12(19)16-8(2)10-5-15-18(4)9(10)3/h5-8H,14H2,1-4H3,(H,16,19). The lowest BCUT2D eigenvalue weighted by Gasteiger charge is -2.12. The molecule has 0 spiro atoms. The lowest BCUT2D eigenvalue weighted by molar-refractivity contribution is 0.0935. The van der Waals surface area contributed by atoms with Crippen LogP contribution in [0.3, 0.4) is 0 Å². The van der Waals surface area contributed by atoms with E-state index >= 15 is 0 Å². The quantitative estimate of drug-likeness (QED) is 0.898. The first-order valence-corrected chi connectivity index (χ1v) is 7.28. The van der Waals surface area contributed by atoms with Gasteiger partial charge in [-0.3, -0.25) is 9.48 Å². The van der Waals surface area contributed by atoms with Gasteiger partial charge in [0, 0.05) is 23.7 Å². The van der Waals surface area contributed by atoms with E-state index in [-0.39, 0.29) is 18.0 Å². The van der Waals surface area contributed by atoms with Crippen LogP contribution in [0.2, 0.25) is 0 Å². The minimum Gasteiger partial charge on any atom is -0.344 e. The molecule has 2 atom stereocenters. The van der Waals surface area contributed by atoms with E-state index in [1.165, 1.54) is 11.3 Å². The lowest BCUT2D eigenvalue weighted by Crippen LogP contribution is -2.27. The molecule has 20 heavy (non-hydrogen) atoms. The molecule has 1 amide bonds. The highest BCUT2D eigenvalue weighted by Crippen LogP contribution is 2.19. The predicted molar refractivity (Wildman–Crippen MR) is 78.5 cm³/mol.